The summed E-state index contributed by atoms with van der Waals surface area (Å²) in [6.07, 6.45) is 3.97. The maximum Gasteiger partial charge on any atom is 0.0956 e. The van der Waals surface area contributed by atoms with Crippen LogP contribution in [0.15, 0.2) is 30.7 Å². The number of ether oxygens (including phenoxy) is 1. The number of rotatable bonds is 1. The fraction of sp³-hybridized carbons (Fsp3) is 0.400. The summed E-state index contributed by atoms with van der Waals surface area (Å²) < 4.78 is 7.68. The number of benzene rings is 1. The van der Waals surface area contributed by atoms with Crippen molar-refractivity contribution in [1.82, 2.24) is 9.55 Å². The molecule has 1 saturated heterocycles. The lowest BCUT2D eigenvalue weighted by Crippen LogP contribution is -2.37. The molecule has 0 amide bonds. The molecule has 104 valence electrons. The number of hydrogen-bond donors (Lipinski definition) is 1. The van der Waals surface area contributed by atoms with E-state index in [9.17, 15) is 5.11 Å². The molecule has 2 aliphatic rings. The van der Waals surface area contributed by atoms with Crippen LogP contribution >= 0.6 is 11.6 Å². The summed E-state index contributed by atoms with van der Waals surface area (Å²) in [5, 5.41) is 11.1. The van der Waals surface area contributed by atoms with Gasteiger partial charge in [-0.05, 0) is 12.5 Å². The zero-order valence-electron chi connectivity index (χ0n) is 10.9. The molecule has 2 aromatic rings. The lowest BCUT2D eigenvalue weighted by Gasteiger charge is -2.33. The molecule has 1 fully saturated rings. The Balaban J connectivity index is 1.88. The number of halogens is 1. The van der Waals surface area contributed by atoms with Gasteiger partial charge in [-0.3, -0.25) is 0 Å². The van der Waals surface area contributed by atoms with Crippen LogP contribution in [0.3, 0.4) is 0 Å². The first-order chi connectivity index (χ1) is 9.77. The molecule has 1 N–H and O–H groups in total. The Bertz CT molecular complexity index is 655. The molecule has 1 aromatic heterocycles. The van der Waals surface area contributed by atoms with Gasteiger partial charge in [-0.15, -0.1) is 0 Å². The number of aliphatic hydroxyl groups is 1. The van der Waals surface area contributed by atoms with Gasteiger partial charge in [0.25, 0.3) is 0 Å². The Labute approximate surface area is 122 Å². The van der Waals surface area contributed by atoms with E-state index in [1.165, 1.54) is 0 Å². The van der Waals surface area contributed by atoms with Gasteiger partial charge in [0.05, 0.1) is 37.0 Å². The average molecular weight is 291 g/mol. The van der Waals surface area contributed by atoms with E-state index in [-0.39, 0.29) is 18.1 Å². The van der Waals surface area contributed by atoms with Crippen molar-refractivity contribution in [3.63, 3.8) is 0 Å². The summed E-state index contributed by atoms with van der Waals surface area (Å²) in [5.41, 5.74) is 3.25. The molecule has 0 radical (unpaired) electrons. The topological polar surface area (TPSA) is 47.3 Å². The van der Waals surface area contributed by atoms with Crippen LogP contribution in [-0.4, -0.2) is 34.0 Å². The third-order valence-corrected chi connectivity index (χ3v) is 4.69. The molecular weight excluding hydrogens is 276 g/mol. The first kappa shape index (κ1) is 12.4. The molecule has 0 spiro atoms. The van der Waals surface area contributed by atoms with Gasteiger partial charge in [0.15, 0.2) is 0 Å². The second kappa shape index (κ2) is 4.58. The summed E-state index contributed by atoms with van der Waals surface area (Å²) in [6.45, 7) is 1.17. The molecular formula is C15H15ClN2O2. The number of aromatic nitrogens is 2. The van der Waals surface area contributed by atoms with Crippen molar-refractivity contribution in [1.29, 1.82) is 0 Å². The molecule has 4 nitrogen and oxygen atoms in total. The molecule has 20 heavy (non-hydrogen) atoms. The number of imidazole rings is 1. The van der Waals surface area contributed by atoms with Crippen molar-refractivity contribution in [3.8, 4) is 11.3 Å². The lowest BCUT2D eigenvalue weighted by molar-refractivity contribution is -0.0481. The van der Waals surface area contributed by atoms with E-state index >= 15 is 0 Å². The third-order valence-electron chi connectivity index (χ3n) is 4.36. The predicted molar refractivity (Wildman–Crippen MR) is 75.7 cm³/mol. The van der Waals surface area contributed by atoms with E-state index in [0.717, 1.165) is 21.8 Å². The molecule has 0 saturated carbocycles. The molecule has 2 aliphatic heterocycles. The first-order valence-corrected chi connectivity index (χ1v) is 7.21. The summed E-state index contributed by atoms with van der Waals surface area (Å²) >= 11 is 6.42. The quantitative estimate of drug-likeness (QED) is 0.878. The summed E-state index contributed by atoms with van der Waals surface area (Å²) in [7, 11) is 0. The highest BCUT2D eigenvalue weighted by molar-refractivity contribution is 6.32. The predicted octanol–water partition coefficient (Wildman–Crippen LogP) is 2.50. The van der Waals surface area contributed by atoms with E-state index in [4.69, 9.17) is 16.3 Å². The maximum atomic E-state index is 10.4. The van der Waals surface area contributed by atoms with Crippen molar-refractivity contribution >= 4 is 11.6 Å². The van der Waals surface area contributed by atoms with E-state index in [1.807, 2.05) is 24.7 Å². The van der Waals surface area contributed by atoms with Crippen molar-refractivity contribution < 1.29 is 9.84 Å². The van der Waals surface area contributed by atoms with Gasteiger partial charge in [-0.25, -0.2) is 4.98 Å². The number of hydrogen-bond acceptors (Lipinski definition) is 3. The zero-order chi connectivity index (χ0) is 13.7. The van der Waals surface area contributed by atoms with Crippen molar-refractivity contribution in [2.45, 2.75) is 18.6 Å². The highest BCUT2D eigenvalue weighted by Crippen LogP contribution is 2.47. The molecule has 5 heteroatoms. The van der Waals surface area contributed by atoms with Crippen LogP contribution in [0.4, 0.5) is 0 Å². The SMILES string of the molecule is OC1CCOCC1[C@H]1c2c(Cl)cccc2-c2cncn21. The largest absolute Gasteiger partial charge is 0.393 e. The van der Waals surface area contributed by atoms with Crippen LogP contribution in [0.1, 0.15) is 18.0 Å². The van der Waals surface area contributed by atoms with Crippen LogP contribution in [0.2, 0.25) is 5.02 Å². The van der Waals surface area contributed by atoms with E-state index < -0.39 is 0 Å². The Morgan fingerprint density at radius 3 is 3.15 bits per heavy atom. The van der Waals surface area contributed by atoms with Gasteiger partial charge in [-0.2, -0.15) is 0 Å². The van der Waals surface area contributed by atoms with E-state index in [0.29, 0.717) is 19.6 Å². The highest BCUT2D eigenvalue weighted by atomic mass is 35.5. The molecule has 3 atom stereocenters. The first-order valence-electron chi connectivity index (χ1n) is 6.84. The highest BCUT2D eigenvalue weighted by Gasteiger charge is 2.40. The lowest BCUT2D eigenvalue weighted by atomic mass is 9.86. The van der Waals surface area contributed by atoms with Gasteiger partial charge >= 0.3 is 0 Å². The standard InChI is InChI=1S/C15H15ClN2O2/c16-11-3-1-2-9-12-6-17-8-18(12)15(14(9)11)10-7-20-5-4-13(10)19/h1-3,6,8,10,13,15,19H,4-5,7H2/t10?,13?,15-/m0/s1. The Kier molecular flexibility index (Phi) is 2.84. The van der Waals surface area contributed by atoms with E-state index in [1.54, 1.807) is 0 Å². The second-order valence-corrected chi connectivity index (χ2v) is 5.83. The summed E-state index contributed by atoms with van der Waals surface area (Å²) in [5.74, 6) is 0.0119. The van der Waals surface area contributed by atoms with Crippen LogP contribution in [0.5, 0.6) is 0 Å². The maximum absolute atomic E-state index is 10.4. The Morgan fingerprint density at radius 1 is 1.40 bits per heavy atom. The minimum atomic E-state index is -0.369. The van der Waals surface area contributed by atoms with Crippen LogP contribution < -0.4 is 0 Å². The molecule has 1 aromatic carbocycles. The fourth-order valence-electron chi connectivity index (χ4n) is 3.41. The Hall–Kier alpha value is -1.36. The average Bonchev–Trinajstić information content (AvgIpc) is 3.01. The molecule has 3 heterocycles. The zero-order valence-corrected chi connectivity index (χ0v) is 11.6. The summed E-state index contributed by atoms with van der Waals surface area (Å²) in [6, 6.07) is 5.93. The molecule has 0 bridgehead atoms. The number of aliphatic hydroxyl groups excluding tert-OH is 1. The second-order valence-electron chi connectivity index (χ2n) is 5.43. The smallest absolute Gasteiger partial charge is 0.0956 e. The monoisotopic (exact) mass is 290 g/mol. The summed E-state index contributed by atoms with van der Waals surface area (Å²) in [4.78, 5) is 4.24. The van der Waals surface area contributed by atoms with Crippen molar-refractivity contribution in [2.75, 3.05) is 13.2 Å². The van der Waals surface area contributed by atoms with Crippen molar-refractivity contribution in [3.05, 3.63) is 41.3 Å². The van der Waals surface area contributed by atoms with Gasteiger partial charge in [0.1, 0.15) is 0 Å². The van der Waals surface area contributed by atoms with Crippen LogP contribution in [0.25, 0.3) is 11.3 Å². The van der Waals surface area contributed by atoms with Gasteiger partial charge in [0.2, 0.25) is 0 Å². The van der Waals surface area contributed by atoms with Crippen LogP contribution in [-0.2, 0) is 4.74 Å². The normalized spacial score (nSPS) is 28.2. The van der Waals surface area contributed by atoms with Crippen molar-refractivity contribution in [2.24, 2.45) is 5.92 Å². The molecule has 0 aliphatic carbocycles. The minimum Gasteiger partial charge on any atom is -0.393 e. The molecule has 4 rings (SSSR count). The van der Waals surface area contributed by atoms with Gasteiger partial charge in [0, 0.05) is 28.7 Å². The minimum absolute atomic E-state index is 0.00602. The van der Waals surface area contributed by atoms with E-state index in [2.05, 4.69) is 15.6 Å². The van der Waals surface area contributed by atoms with Gasteiger partial charge in [-0.1, -0.05) is 23.7 Å². The number of nitrogens with zero attached hydrogens (tertiary/aromatic N) is 2. The third kappa shape index (κ3) is 1.65. The Morgan fingerprint density at radius 2 is 2.30 bits per heavy atom. The molecule has 2 unspecified atom stereocenters. The van der Waals surface area contributed by atoms with Gasteiger partial charge < -0.3 is 14.4 Å². The van der Waals surface area contributed by atoms with Crippen LogP contribution in [0, 0.1) is 5.92 Å². The number of fused-ring (bicyclic) bond motifs is 3. The fourth-order valence-corrected chi connectivity index (χ4v) is 3.69.